The van der Waals surface area contributed by atoms with Gasteiger partial charge in [0.2, 0.25) is 0 Å². The fourth-order valence-corrected chi connectivity index (χ4v) is 2.24. The molecule has 0 bridgehead atoms. The normalized spacial score (nSPS) is 16.8. The Morgan fingerprint density at radius 2 is 2.39 bits per heavy atom. The largest absolute Gasteiger partial charge is 0.379 e. The van der Waals surface area contributed by atoms with Crippen molar-refractivity contribution < 1.29 is 9.53 Å². The first-order chi connectivity index (χ1) is 11.2. The molecular weight excluding hydrogens is 298 g/mol. The second-order valence-corrected chi connectivity index (χ2v) is 5.15. The standard InChI is InChI=1S/C14H15N7O2/c1-9-10(5-15)4-11(6-16-9)17-14(22)18-13-7-21(20-19-13)12-2-3-23-8-12/h4,6-7,12H,2-3,8H2,1H3,(H2,17,18,22). The van der Waals surface area contributed by atoms with Gasteiger partial charge in [0, 0.05) is 6.61 Å². The minimum atomic E-state index is -0.478. The zero-order valence-corrected chi connectivity index (χ0v) is 12.5. The highest BCUT2D eigenvalue weighted by Crippen LogP contribution is 2.18. The lowest BCUT2D eigenvalue weighted by atomic mass is 10.2. The maximum absolute atomic E-state index is 12.0. The lowest BCUT2D eigenvalue weighted by Gasteiger charge is -2.07. The zero-order chi connectivity index (χ0) is 16.2. The summed E-state index contributed by atoms with van der Waals surface area (Å²) in [6.45, 7) is 3.03. The van der Waals surface area contributed by atoms with Crippen LogP contribution in [0.1, 0.15) is 23.7 Å². The SMILES string of the molecule is Cc1ncc(NC(=O)Nc2cn(C3CCOC3)nn2)cc1C#N. The smallest absolute Gasteiger partial charge is 0.324 e. The van der Waals surface area contributed by atoms with E-state index in [9.17, 15) is 4.79 Å². The molecule has 2 amide bonds. The molecule has 1 aliphatic rings. The summed E-state index contributed by atoms with van der Waals surface area (Å²) in [5.41, 5.74) is 1.45. The highest BCUT2D eigenvalue weighted by Gasteiger charge is 2.19. The second-order valence-electron chi connectivity index (χ2n) is 5.15. The van der Waals surface area contributed by atoms with Crippen molar-refractivity contribution in [2.75, 3.05) is 23.8 Å². The Hall–Kier alpha value is -2.99. The van der Waals surface area contributed by atoms with Crippen molar-refractivity contribution in [2.24, 2.45) is 0 Å². The molecule has 23 heavy (non-hydrogen) atoms. The molecule has 3 rings (SSSR count). The van der Waals surface area contributed by atoms with Crippen LogP contribution in [-0.4, -0.2) is 39.2 Å². The van der Waals surface area contributed by atoms with Crippen LogP contribution < -0.4 is 10.6 Å². The molecule has 1 saturated heterocycles. The van der Waals surface area contributed by atoms with Crippen LogP contribution in [0.3, 0.4) is 0 Å². The summed E-state index contributed by atoms with van der Waals surface area (Å²) < 4.78 is 6.98. The first kappa shape index (κ1) is 14.9. The fourth-order valence-electron chi connectivity index (χ4n) is 2.24. The minimum absolute atomic E-state index is 0.153. The van der Waals surface area contributed by atoms with Crippen LogP contribution in [0.25, 0.3) is 0 Å². The quantitative estimate of drug-likeness (QED) is 0.885. The summed E-state index contributed by atoms with van der Waals surface area (Å²) in [5.74, 6) is 0.343. The van der Waals surface area contributed by atoms with Crippen molar-refractivity contribution in [3.63, 3.8) is 0 Å². The van der Waals surface area contributed by atoms with Gasteiger partial charge in [-0.2, -0.15) is 5.26 Å². The number of aryl methyl sites for hydroxylation is 1. The van der Waals surface area contributed by atoms with Gasteiger partial charge in [0.1, 0.15) is 6.07 Å². The molecule has 9 heteroatoms. The van der Waals surface area contributed by atoms with Gasteiger partial charge in [-0.25, -0.2) is 9.48 Å². The molecule has 1 atom stereocenters. The van der Waals surface area contributed by atoms with Crippen LogP contribution in [0.4, 0.5) is 16.3 Å². The van der Waals surface area contributed by atoms with E-state index < -0.39 is 6.03 Å². The predicted octanol–water partition coefficient (Wildman–Crippen LogP) is 1.46. The number of rotatable bonds is 3. The van der Waals surface area contributed by atoms with E-state index in [-0.39, 0.29) is 6.04 Å². The summed E-state index contributed by atoms with van der Waals surface area (Å²) in [5, 5.41) is 22.1. The van der Waals surface area contributed by atoms with Crippen LogP contribution in [0.5, 0.6) is 0 Å². The zero-order valence-electron chi connectivity index (χ0n) is 12.5. The van der Waals surface area contributed by atoms with Crippen LogP contribution >= 0.6 is 0 Å². The summed E-state index contributed by atoms with van der Waals surface area (Å²) >= 11 is 0. The molecule has 1 aliphatic heterocycles. The number of anilines is 2. The van der Waals surface area contributed by atoms with Gasteiger partial charge in [0.15, 0.2) is 5.82 Å². The summed E-state index contributed by atoms with van der Waals surface area (Å²) in [4.78, 5) is 16.0. The van der Waals surface area contributed by atoms with Crippen LogP contribution in [0.15, 0.2) is 18.5 Å². The number of ether oxygens (including phenoxy) is 1. The number of aromatic nitrogens is 4. The number of nitrogens with one attached hydrogen (secondary N) is 2. The van der Waals surface area contributed by atoms with E-state index in [0.29, 0.717) is 36.0 Å². The average Bonchev–Trinajstić information content (AvgIpc) is 3.20. The van der Waals surface area contributed by atoms with Crippen molar-refractivity contribution >= 4 is 17.5 Å². The number of hydrogen-bond donors (Lipinski definition) is 2. The molecular formula is C14H15N7O2. The molecule has 0 aromatic carbocycles. The third-order valence-electron chi connectivity index (χ3n) is 3.50. The van der Waals surface area contributed by atoms with E-state index in [4.69, 9.17) is 10.00 Å². The lowest BCUT2D eigenvalue weighted by molar-refractivity contribution is 0.184. The molecule has 118 valence electrons. The number of carbonyl (C=O) groups excluding carboxylic acids is 1. The maximum atomic E-state index is 12.0. The Balaban J connectivity index is 1.62. The summed E-state index contributed by atoms with van der Waals surface area (Å²) in [6, 6.07) is 3.26. The first-order valence-electron chi connectivity index (χ1n) is 7.10. The van der Waals surface area contributed by atoms with E-state index in [1.54, 1.807) is 23.9 Å². The Kier molecular flexibility index (Phi) is 4.16. The first-order valence-corrected chi connectivity index (χ1v) is 7.10. The fraction of sp³-hybridized carbons (Fsp3) is 0.357. The molecule has 1 unspecified atom stereocenters. The van der Waals surface area contributed by atoms with E-state index >= 15 is 0 Å². The topological polar surface area (TPSA) is 118 Å². The molecule has 0 aliphatic carbocycles. The van der Waals surface area contributed by atoms with Crippen LogP contribution in [0, 0.1) is 18.3 Å². The van der Waals surface area contributed by atoms with Crippen molar-refractivity contribution in [2.45, 2.75) is 19.4 Å². The number of hydrogen-bond acceptors (Lipinski definition) is 6. The van der Waals surface area contributed by atoms with Crippen molar-refractivity contribution in [1.82, 2.24) is 20.0 Å². The lowest BCUT2D eigenvalue weighted by Crippen LogP contribution is -2.20. The Morgan fingerprint density at radius 3 is 3.13 bits per heavy atom. The minimum Gasteiger partial charge on any atom is -0.379 e. The molecule has 0 radical (unpaired) electrons. The third kappa shape index (κ3) is 3.44. The molecule has 2 aromatic heterocycles. The van der Waals surface area contributed by atoms with Gasteiger partial charge in [-0.1, -0.05) is 5.21 Å². The summed E-state index contributed by atoms with van der Waals surface area (Å²) in [6.07, 6.45) is 4.02. The monoisotopic (exact) mass is 313 g/mol. The molecule has 0 saturated carbocycles. The molecule has 2 N–H and O–H groups in total. The van der Waals surface area contributed by atoms with Gasteiger partial charge < -0.3 is 10.1 Å². The number of nitriles is 1. The highest BCUT2D eigenvalue weighted by atomic mass is 16.5. The Morgan fingerprint density at radius 1 is 1.52 bits per heavy atom. The van der Waals surface area contributed by atoms with E-state index in [1.807, 2.05) is 6.07 Å². The molecule has 0 spiro atoms. The number of urea groups is 1. The van der Waals surface area contributed by atoms with E-state index in [2.05, 4.69) is 25.9 Å². The second kappa shape index (κ2) is 6.41. The Bertz CT molecular complexity index is 759. The number of pyridine rings is 1. The van der Waals surface area contributed by atoms with Crippen LogP contribution in [0.2, 0.25) is 0 Å². The van der Waals surface area contributed by atoms with Gasteiger partial charge in [-0.05, 0) is 19.4 Å². The number of carbonyl (C=O) groups is 1. The number of amides is 2. The number of nitrogens with zero attached hydrogens (tertiary/aromatic N) is 5. The molecule has 3 heterocycles. The maximum Gasteiger partial charge on any atom is 0.324 e. The predicted molar refractivity (Wildman–Crippen MR) is 80.8 cm³/mol. The van der Waals surface area contributed by atoms with Crippen molar-refractivity contribution in [3.8, 4) is 6.07 Å². The van der Waals surface area contributed by atoms with Gasteiger partial charge in [-0.15, -0.1) is 5.10 Å². The van der Waals surface area contributed by atoms with Gasteiger partial charge in [-0.3, -0.25) is 10.3 Å². The van der Waals surface area contributed by atoms with E-state index in [0.717, 1.165) is 6.42 Å². The summed E-state index contributed by atoms with van der Waals surface area (Å²) in [7, 11) is 0. The van der Waals surface area contributed by atoms with Crippen molar-refractivity contribution in [1.29, 1.82) is 5.26 Å². The molecule has 9 nitrogen and oxygen atoms in total. The molecule has 2 aromatic rings. The van der Waals surface area contributed by atoms with Crippen LogP contribution in [-0.2, 0) is 4.74 Å². The molecule has 1 fully saturated rings. The van der Waals surface area contributed by atoms with Gasteiger partial charge in [0.25, 0.3) is 0 Å². The van der Waals surface area contributed by atoms with Crippen molar-refractivity contribution in [3.05, 3.63) is 29.7 Å². The third-order valence-corrected chi connectivity index (χ3v) is 3.50. The highest BCUT2D eigenvalue weighted by molar-refractivity contribution is 5.99. The average molecular weight is 313 g/mol. The van der Waals surface area contributed by atoms with Gasteiger partial charge in [0.05, 0.1) is 42.0 Å². The van der Waals surface area contributed by atoms with E-state index in [1.165, 1.54) is 6.20 Å². The van der Waals surface area contributed by atoms with Gasteiger partial charge >= 0.3 is 6.03 Å². The Labute approximate surface area is 132 Å².